The predicted molar refractivity (Wildman–Crippen MR) is 82.9 cm³/mol. The number of hydrogen-bond acceptors (Lipinski definition) is 5. The number of nitrogens with one attached hydrogen (secondary N) is 1. The third-order valence-electron chi connectivity index (χ3n) is 3.07. The van der Waals surface area contributed by atoms with Crippen LogP contribution in [0.1, 0.15) is 18.9 Å². The monoisotopic (exact) mass is 336 g/mol. The fraction of sp³-hybridized carbons (Fsp3) is 0.538. The van der Waals surface area contributed by atoms with Gasteiger partial charge in [-0.25, -0.2) is 13.1 Å². The van der Waals surface area contributed by atoms with E-state index in [1.165, 1.54) is 26.2 Å². The van der Waals surface area contributed by atoms with Crippen molar-refractivity contribution in [2.24, 2.45) is 0 Å². The van der Waals surface area contributed by atoms with Crippen LogP contribution in [0.4, 0.5) is 5.69 Å². The summed E-state index contributed by atoms with van der Waals surface area (Å²) in [5.41, 5.74) is 5.12. The quantitative estimate of drug-likeness (QED) is 0.651. The molecule has 0 amide bonds. The van der Waals surface area contributed by atoms with Gasteiger partial charge in [0.05, 0.1) is 21.2 Å². The Morgan fingerprint density at radius 1 is 1.48 bits per heavy atom. The highest BCUT2D eigenvalue weighted by Crippen LogP contribution is 2.26. The van der Waals surface area contributed by atoms with E-state index < -0.39 is 15.6 Å². The van der Waals surface area contributed by atoms with Gasteiger partial charge >= 0.3 is 0 Å². The van der Waals surface area contributed by atoms with E-state index in [-0.39, 0.29) is 17.1 Å². The number of anilines is 1. The highest BCUT2D eigenvalue weighted by atomic mass is 35.5. The Morgan fingerprint density at radius 3 is 2.67 bits per heavy atom. The second kappa shape index (κ2) is 6.93. The molecule has 1 unspecified atom stereocenters. The molecule has 1 atom stereocenters. The molecule has 0 heterocycles. The molecule has 0 aliphatic carbocycles. The average molecular weight is 337 g/mol. The average Bonchev–Trinajstić information content (AvgIpc) is 2.38. The summed E-state index contributed by atoms with van der Waals surface area (Å²) in [5.74, 6) is 0. The summed E-state index contributed by atoms with van der Waals surface area (Å²) in [6.45, 7) is 3.38. The van der Waals surface area contributed by atoms with Crippen molar-refractivity contribution in [3.8, 4) is 0 Å². The lowest BCUT2D eigenvalue weighted by Gasteiger charge is -2.23. The van der Waals surface area contributed by atoms with Gasteiger partial charge in [0.15, 0.2) is 0 Å². The zero-order valence-corrected chi connectivity index (χ0v) is 13.9. The molecule has 8 heteroatoms. The molecule has 1 rings (SSSR count). The summed E-state index contributed by atoms with van der Waals surface area (Å²) in [7, 11) is -2.26. The van der Waals surface area contributed by atoms with Crippen molar-refractivity contribution in [3.63, 3.8) is 0 Å². The number of sulfonamides is 1. The number of ether oxygens (including phenoxy) is 1. The lowest BCUT2D eigenvalue weighted by atomic mass is 10.0. The van der Waals surface area contributed by atoms with Crippen molar-refractivity contribution in [1.82, 2.24) is 4.72 Å². The molecule has 0 spiro atoms. The minimum Gasteiger partial charge on any atom is -0.397 e. The van der Waals surface area contributed by atoms with Gasteiger partial charge in [0.1, 0.15) is 0 Å². The van der Waals surface area contributed by atoms with Crippen LogP contribution in [0, 0.1) is 6.92 Å². The Bertz CT molecular complexity index is 602. The van der Waals surface area contributed by atoms with Crippen molar-refractivity contribution in [2.75, 3.05) is 26.0 Å². The molecule has 21 heavy (non-hydrogen) atoms. The summed E-state index contributed by atoms with van der Waals surface area (Å²) >= 11 is 5.85. The molecule has 0 aliphatic heterocycles. The first-order valence-corrected chi connectivity index (χ1v) is 8.22. The summed E-state index contributed by atoms with van der Waals surface area (Å²) < 4.78 is 31.8. The van der Waals surface area contributed by atoms with E-state index in [9.17, 15) is 13.5 Å². The van der Waals surface area contributed by atoms with Crippen molar-refractivity contribution >= 4 is 27.3 Å². The number of methoxy groups -OCH3 is 1. The van der Waals surface area contributed by atoms with Gasteiger partial charge in [-0.1, -0.05) is 11.6 Å². The van der Waals surface area contributed by atoms with Gasteiger partial charge in [-0.15, -0.1) is 0 Å². The summed E-state index contributed by atoms with van der Waals surface area (Å²) in [6.07, 6.45) is 0.313. The van der Waals surface area contributed by atoms with Gasteiger partial charge in [0.2, 0.25) is 10.0 Å². The van der Waals surface area contributed by atoms with Crippen molar-refractivity contribution in [2.45, 2.75) is 30.8 Å². The van der Waals surface area contributed by atoms with E-state index in [1.807, 2.05) is 0 Å². The maximum Gasteiger partial charge on any atom is 0.241 e. The van der Waals surface area contributed by atoms with E-state index in [0.717, 1.165) is 0 Å². The Labute approximate surface area is 130 Å². The lowest BCUT2D eigenvalue weighted by molar-refractivity contribution is 0.0292. The maximum atomic E-state index is 12.3. The predicted octanol–water partition coefficient (Wildman–Crippen LogP) is 1.30. The molecular formula is C13H21ClN2O4S. The Hall–Kier alpha value is -0.860. The van der Waals surface area contributed by atoms with Gasteiger partial charge in [-0.3, -0.25) is 0 Å². The molecule has 120 valence electrons. The molecule has 0 saturated heterocycles. The van der Waals surface area contributed by atoms with Crippen LogP contribution in [0.3, 0.4) is 0 Å². The van der Waals surface area contributed by atoms with E-state index in [2.05, 4.69) is 4.72 Å². The molecule has 1 aromatic carbocycles. The van der Waals surface area contributed by atoms with Crippen LogP contribution in [-0.2, 0) is 14.8 Å². The van der Waals surface area contributed by atoms with Crippen LogP contribution >= 0.6 is 11.6 Å². The summed E-state index contributed by atoms with van der Waals surface area (Å²) in [6, 6.07) is 2.80. The van der Waals surface area contributed by atoms with E-state index in [1.54, 1.807) is 6.92 Å². The molecule has 0 bridgehead atoms. The maximum absolute atomic E-state index is 12.3. The first kappa shape index (κ1) is 18.2. The van der Waals surface area contributed by atoms with Crippen molar-refractivity contribution in [3.05, 3.63) is 22.7 Å². The van der Waals surface area contributed by atoms with Gasteiger partial charge in [0, 0.05) is 26.7 Å². The fourth-order valence-corrected chi connectivity index (χ4v) is 3.34. The second-order valence-corrected chi connectivity index (χ2v) is 7.35. The largest absolute Gasteiger partial charge is 0.397 e. The number of nitrogen functional groups attached to an aromatic ring is 1. The van der Waals surface area contributed by atoms with Gasteiger partial charge < -0.3 is 15.6 Å². The highest BCUT2D eigenvalue weighted by Gasteiger charge is 2.25. The number of rotatable bonds is 7. The van der Waals surface area contributed by atoms with Crippen molar-refractivity contribution < 1.29 is 18.3 Å². The Balaban J connectivity index is 2.90. The number of halogens is 1. The number of nitrogens with two attached hydrogens (primary N) is 1. The third kappa shape index (κ3) is 5.12. The minimum atomic E-state index is -3.78. The third-order valence-corrected chi connectivity index (χ3v) is 4.94. The minimum absolute atomic E-state index is 0.0481. The standard InChI is InChI=1S/C13H21ClN2O4S/c1-9-6-10(14)11(15)7-12(9)21(18,19)16-8-13(2,17)4-5-20-3/h6-7,16-17H,4-5,8,15H2,1-3H3. The molecule has 4 N–H and O–H groups in total. The van der Waals surface area contributed by atoms with Crippen LogP contribution < -0.4 is 10.5 Å². The summed E-state index contributed by atoms with van der Waals surface area (Å²) in [4.78, 5) is 0.0481. The first-order valence-electron chi connectivity index (χ1n) is 6.36. The zero-order valence-electron chi connectivity index (χ0n) is 12.3. The molecule has 0 aromatic heterocycles. The van der Waals surface area contributed by atoms with E-state index >= 15 is 0 Å². The van der Waals surface area contributed by atoms with Crippen LogP contribution in [0.5, 0.6) is 0 Å². The van der Waals surface area contributed by atoms with Crippen LogP contribution in [0.15, 0.2) is 17.0 Å². The zero-order chi connectivity index (χ0) is 16.3. The molecule has 0 radical (unpaired) electrons. The normalized spacial score (nSPS) is 14.9. The number of benzene rings is 1. The number of aliphatic hydroxyl groups is 1. The smallest absolute Gasteiger partial charge is 0.241 e. The molecule has 1 aromatic rings. The van der Waals surface area contributed by atoms with E-state index in [0.29, 0.717) is 23.6 Å². The van der Waals surface area contributed by atoms with Crippen LogP contribution in [0.2, 0.25) is 5.02 Å². The van der Waals surface area contributed by atoms with Gasteiger partial charge in [-0.2, -0.15) is 0 Å². The fourth-order valence-electron chi connectivity index (χ4n) is 1.70. The molecule has 6 nitrogen and oxygen atoms in total. The molecule has 0 saturated carbocycles. The highest BCUT2D eigenvalue weighted by molar-refractivity contribution is 7.89. The first-order chi connectivity index (χ1) is 9.59. The summed E-state index contributed by atoms with van der Waals surface area (Å²) in [5, 5.41) is 10.4. The van der Waals surface area contributed by atoms with Gasteiger partial charge in [0.25, 0.3) is 0 Å². The topological polar surface area (TPSA) is 102 Å². The molecule has 0 fully saturated rings. The Kier molecular flexibility index (Phi) is 6.01. The number of aryl methyl sites for hydroxylation is 1. The van der Waals surface area contributed by atoms with Crippen molar-refractivity contribution in [1.29, 1.82) is 0 Å². The molecular weight excluding hydrogens is 316 g/mol. The van der Waals surface area contributed by atoms with Crippen LogP contribution in [0.25, 0.3) is 0 Å². The second-order valence-electron chi connectivity index (χ2n) is 5.20. The lowest BCUT2D eigenvalue weighted by Crippen LogP contribution is -2.41. The van der Waals surface area contributed by atoms with E-state index in [4.69, 9.17) is 22.1 Å². The SMILES string of the molecule is COCCC(C)(O)CNS(=O)(=O)c1cc(N)c(Cl)cc1C. The Morgan fingerprint density at radius 2 is 2.10 bits per heavy atom. The molecule has 0 aliphatic rings. The van der Waals surface area contributed by atoms with Crippen LogP contribution in [-0.4, -0.2) is 39.4 Å². The number of hydrogen-bond donors (Lipinski definition) is 3. The van der Waals surface area contributed by atoms with Gasteiger partial charge in [-0.05, 0) is 31.5 Å².